The Morgan fingerprint density at radius 3 is 2.17 bits per heavy atom. The average molecular weight is 168 g/mol. The first-order chi connectivity index (χ1) is 5.90. The lowest BCUT2D eigenvalue weighted by Crippen LogP contribution is -2.48. The van der Waals surface area contributed by atoms with Crippen LogP contribution in [0, 0.1) is 0 Å². The van der Waals surface area contributed by atoms with Crippen LogP contribution in [0.2, 0.25) is 0 Å². The van der Waals surface area contributed by atoms with Crippen molar-refractivity contribution in [2.24, 2.45) is 0 Å². The number of nitrogens with zero attached hydrogens (tertiary/aromatic N) is 1. The van der Waals surface area contributed by atoms with Gasteiger partial charge in [0.15, 0.2) is 0 Å². The van der Waals surface area contributed by atoms with Gasteiger partial charge in [0.05, 0.1) is 0 Å². The van der Waals surface area contributed by atoms with E-state index in [1.807, 2.05) is 0 Å². The molecule has 2 nitrogen and oxygen atoms in total. The standard InChI is InChI=1S/C10H20N2/c1-11-9-3-5-10(6-4-9)12-7-2-8-12/h9-11H,2-8H2,1H3. The molecule has 1 aliphatic carbocycles. The van der Waals surface area contributed by atoms with Gasteiger partial charge in [-0.3, -0.25) is 0 Å². The highest BCUT2D eigenvalue weighted by Crippen LogP contribution is 2.25. The molecule has 0 unspecified atom stereocenters. The van der Waals surface area contributed by atoms with Crippen LogP contribution in [0.1, 0.15) is 32.1 Å². The Bertz CT molecular complexity index is 135. The van der Waals surface area contributed by atoms with Crippen molar-refractivity contribution in [3.8, 4) is 0 Å². The zero-order valence-electron chi connectivity index (χ0n) is 8.05. The Balaban J connectivity index is 1.74. The van der Waals surface area contributed by atoms with E-state index in [4.69, 9.17) is 0 Å². The lowest BCUT2D eigenvalue weighted by Gasteiger charge is -2.41. The third-order valence-corrected chi connectivity index (χ3v) is 3.51. The Labute approximate surface area is 75.3 Å². The van der Waals surface area contributed by atoms with Gasteiger partial charge in [-0.1, -0.05) is 0 Å². The van der Waals surface area contributed by atoms with E-state index < -0.39 is 0 Å². The molecule has 0 aromatic carbocycles. The Morgan fingerprint density at radius 2 is 1.75 bits per heavy atom. The van der Waals surface area contributed by atoms with E-state index in [1.165, 1.54) is 45.2 Å². The molecular weight excluding hydrogens is 148 g/mol. The van der Waals surface area contributed by atoms with E-state index >= 15 is 0 Å². The molecule has 1 aliphatic heterocycles. The molecule has 0 spiro atoms. The molecule has 1 saturated heterocycles. The van der Waals surface area contributed by atoms with Gasteiger partial charge in [0, 0.05) is 12.1 Å². The maximum Gasteiger partial charge on any atom is 0.00964 e. The molecule has 70 valence electrons. The summed E-state index contributed by atoms with van der Waals surface area (Å²) in [6, 6.07) is 1.74. The van der Waals surface area contributed by atoms with Gasteiger partial charge in [0.1, 0.15) is 0 Å². The summed E-state index contributed by atoms with van der Waals surface area (Å²) in [4.78, 5) is 2.66. The van der Waals surface area contributed by atoms with Crippen LogP contribution >= 0.6 is 0 Å². The van der Waals surface area contributed by atoms with E-state index in [0.29, 0.717) is 0 Å². The smallest absolute Gasteiger partial charge is 0.00964 e. The molecule has 2 rings (SSSR count). The number of hydrogen-bond donors (Lipinski definition) is 1. The fourth-order valence-corrected chi connectivity index (χ4v) is 2.44. The van der Waals surface area contributed by atoms with E-state index in [9.17, 15) is 0 Å². The van der Waals surface area contributed by atoms with Crippen LogP contribution < -0.4 is 5.32 Å². The molecular formula is C10H20N2. The summed E-state index contributed by atoms with van der Waals surface area (Å²) in [7, 11) is 2.09. The number of likely N-dealkylation sites (tertiary alicyclic amines) is 1. The molecule has 0 radical (unpaired) electrons. The van der Waals surface area contributed by atoms with E-state index in [2.05, 4.69) is 17.3 Å². The molecule has 0 aromatic rings. The molecule has 2 fully saturated rings. The maximum atomic E-state index is 3.38. The predicted octanol–water partition coefficient (Wildman–Crippen LogP) is 1.22. The molecule has 0 atom stereocenters. The van der Waals surface area contributed by atoms with Crippen LogP contribution in [0.15, 0.2) is 0 Å². The Hall–Kier alpha value is -0.0800. The van der Waals surface area contributed by atoms with Gasteiger partial charge in [-0.05, 0) is 52.2 Å². The second-order valence-electron chi connectivity index (χ2n) is 4.18. The summed E-state index contributed by atoms with van der Waals surface area (Å²) in [6.07, 6.45) is 7.05. The predicted molar refractivity (Wildman–Crippen MR) is 51.3 cm³/mol. The maximum absolute atomic E-state index is 3.38. The summed E-state index contributed by atoms with van der Waals surface area (Å²) < 4.78 is 0. The van der Waals surface area contributed by atoms with Crippen molar-refractivity contribution in [1.29, 1.82) is 0 Å². The number of hydrogen-bond acceptors (Lipinski definition) is 2. The molecule has 0 aromatic heterocycles. The second-order valence-corrected chi connectivity index (χ2v) is 4.18. The Kier molecular flexibility index (Phi) is 2.66. The largest absolute Gasteiger partial charge is 0.317 e. The van der Waals surface area contributed by atoms with Crippen LogP contribution in [0.3, 0.4) is 0 Å². The third kappa shape index (κ3) is 1.64. The van der Waals surface area contributed by atoms with E-state index in [0.717, 1.165) is 12.1 Å². The van der Waals surface area contributed by atoms with Crippen LogP contribution in [-0.2, 0) is 0 Å². The van der Waals surface area contributed by atoms with Gasteiger partial charge in [0.25, 0.3) is 0 Å². The Morgan fingerprint density at radius 1 is 1.08 bits per heavy atom. The quantitative estimate of drug-likeness (QED) is 0.667. The number of rotatable bonds is 2. The minimum absolute atomic E-state index is 0.808. The van der Waals surface area contributed by atoms with Crippen molar-refractivity contribution in [2.75, 3.05) is 20.1 Å². The zero-order valence-corrected chi connectivity index (χ0v) is 8.05. The summed E-state index contributed by atoms with van der Waals surface area (Å²) in [5, 5.41) is 3.38. The van der Waals surface area contributed by atoms with Crippen molar-refractivity contribution in [2.45, 2.75) is 44.2 Å². The monoisotopic (exact) mass is 168 g/mol. The lowest BCUT2D eigenvalue weighted by atomic mass is 9.89. The van der Waals surface area contributed by atoms with Gasteiger partial charge in [-0.15, -0.1) is 0 Å². The highest BCUT2D eigenvalue weighted by Gasteiger charge is 2.27. The minimum atomic E-state index is 0.808. The van der Waals surface area contributed by atoms with E-state index in [-0.39, 0.29) is 0 Å². The van der Waals surface area contributed by atoms with Gasteiger partial charge < -0.3 is 10.2 Å². The third-order valence-electron chi connectivity index (χ3n) is 3.51. The second kappa shape index (κ2) is 3.75. The molecule has 0 amide bonds. The topological polar surface area (TPSA) is 15.3 Å². The average Bonchev–Trinajstić information content (AvgIpc) is 2.03. The normalized spacial score (nSPS) is 37.8. The van der Waals surface area contributed by atoms with Crippen molar-refractivity contribution in [3.63, 3.8) is 0 Å². The highest BCUT2D eigenvalue weighted by atomic mass is 15.2. The van der Waals surface area contributed by atoms with E-state index in [1.54, 1.807) is 0 Å². The lowest BCUT2D eigenvalue weighted by molar-refractivity contribution is 0.0847. The molecule has 1 N–H and O–H groups in total. The first kappa shape index (κ1) is 8.52. The van der Waals surface area contributed by atoms with Crippen LogP contribution in [0.25, 0.3) is 0 Å². The molecule has 12 heavy (non-hydrogen) atoms. The van der Waals surface area contributed by atoms with Crippen molar-refractivity contribution < 1.29 is 0 Å². The van der Waals surface area contributed by atoms with Crippen molar-refractivity contribution >= 4 is 0 Å². The first-order valence-electron chi connectivity index (χ1n) is 5.31. The number of nitrogens with one attached hydrogen (secondary N) is 1. The fourth-order valence-electron chi connectivity index (χ4n) is 2.44. The minimum Gasteiger partial charge on any atom is -0.317 e. The van der Waals surface area contributed by atoms with Crippen molar-refractivity contribution in [1.82, 2.24) is 10.2 Å². The molecule has 1 saturated carbocycles. The van der Waals surface area contributed by atoms with Gasteiger partial charge in [-0.2, -0.15) is 0 Å². The van der Waals surface area contributed by atoms with Gasteiger partial charge >= 0.3 is 0 Å². The molecule has 0 bridgehead atoms. The summed E-state index contributed by atoms with van der Waals surface area (Å²) in [6.45, 7) is 2.74. The molecule has 2 aliphatic rings. The zero-order chi connectivity index (χ0) is 8.39. The highest BCUT2D eigenvalue weighted by molar-refractivity contribution is 4.85. The summed E-state index contributed by atoms with van der Waals surface area (Å²) >= 11 is 0. The fraction of sp³-hybridized carbons (Fsp3) is 1.00. The van der Waals surface area contributed by atoms with Gasteiger partial charge in [0.2, 0.25) is 0 Å². The van der Waals surface area contributed by atoms with Gasteiger partial charge in [-0.25, -0.2) is 0 Å². The van der Waals surface area contributed by atoms with Crippen LogP contribution in [0.4, 0.5) is 0 Å². The molecule has 2 heteroatoms. The SMILES string of the molecule is CNC1CCC(N2CCC2)CC1. The first-order valence-corrected chi connectivity index (χ1v) is 5.31. The van der Waals surface area contributed by atoms with Crippen LogP contribution in [-0.4, -0.2) is 37.1 Å². The van der Waals surface area contributed by atoms with Crippen molar-refractivity contribution in [3.05, 3.63) is 0 Å². The summed E-state index contributed by atoms with van der Waals surface area (Å²) in [5.41, 5.74) is 0. The molecule has 1 heterocycles. The summed E-state index contributed by atoms with van der Waals surface area (Å²) in [5.74, 6) is 0. The van der Waals surface area contributed by atoms with Crippen LogP contribution in [0.5, 0.6) is 0 Å².